The van der Waals surface area contributed by atoms with E-state index in [0.29, 0.717) is 6.54 Å². The zero-order chi connectivity index (χ0) is 8.15. The predicted octanol–water partition coefficient (Wildman–Crippen LogP) is -0.323. The van der Waals surface area contributed by atoms with Gasteiger partial charge in [-0.25, -0.2) is 0 Å². The Kier molecular flexibility index (Phi) is 5.18. The first-order valence-corrected chi connectivity index (χ1v) is 3.91. The Bertz CT molecular complexity index is 89.8. The van der Waals surface area contributed by atoms with Crippen molar-refractivity contribution in [2.45, 2.75) is 19.1 Å². The van der Waals surface area contributed by atoms with Crippen LogP contribution in [0, 0.1) is 0 Å². The number of nitrogens with zero attached hydrogens (tertiary/aromatic N) is 1. The predicted molar refractivity (Wildman–Crippen MR) is 46.9 cm³/mol. The summed E-state index contributed by atoms with van der Waals surface area (Å²) in [6.07, 6.45) is -0.299. The second kappa shape index (κ2) is 5.03. The van der Waals surface area contributed by atoms with Crippen molar-refractivity contribution in [2.75, 3.05) is 20.6 Å². The van der Waals surface area contributed by atoms with Crippen LogP contribution in [0.25, 0.3) is 0 Å². The zero-order valence-electron chi connectivity index (χ0n) is 6.83. The molecule has 3 unspecified atom stereocenters. The number of hydrogen-bond donors (Lipinski definition) is 2. The van der Waals surface area contributed by atoms with Gasteiger partial charge in [0.25, 0.3) is 0 Å². The summed E-state index contributed by atoms with van der Waals surface area (Å²) in [5.74, 6) is 0. The number of likely N-dealkylation sites (N-methyl/N-ethyl adjacent to an activating group) is 2. The average Bonchev–Trinajstić information content (AvgIpc) is 1.87. The molecule has 0 heterocycles. The van der Waals surface area contributed by atoms with Gasteiger partial charge in [-0.05, 0) is 21.0 Å². The van der Waals surface area contributed by atoms with Crippen LogP contribution in [-0.2, 0) is 0 Å². The van der Waals surface area contributed by atoms with Gasteiger partial charge in [0.05, 0.1) is 6.10 Å². The summed E-state index contributed by atoms with van der Waals surface area (Å²) < 4.78 is 1.92. The van der Waals surface area contributed by atoms with Gasteiger partial charge in [0.2, 0.25) is 0 Å². The Balaban J connectivity index is 3.58. The van der Waals surface area contributed by atoms with Gasteiger partial charge in [-0.3, -0.25) is 4.67 Å². The van der Waals surface area contributed by atoms with Crippen molar-refractivity contribution in [1.29, 1.82) is 0 Å². The highest BCUT2D eigenvalue weighted by Crippen LogP contribution is 2.05. The molecular weight excluding hydrogens is 147 g/mol. The highest BCUT2D eigenvalue weighted by molar-refractivity contribution is 7.13. The van der Waals surface area contributed by atoms with Gasteiger partial charge in [-0.2, -0.15) is 0 Å². The standard InChI is InChI=1S/C6H17N2OP/c1-5(8(3)10)6(9)4-7-2/h5-7,9H,4,10H2,1-3H3. The topological polar surface area (TPSA) is 35.5 Å². The quantitative estimate of drug-likeness (QED) is 0.559. The van der Waals surface area contributed by atoms with Crippen LogP contribution in [0.1, 0.15) is 6.92 Å². The minimum absolute atomic E-state index is 0.178. The van der Waals surface area contributed by atoms with Gasteiger partial charge < -0.3 is 10.4 Å². The molecule has 0 saturated carbocycles. The average molecular weight is 164 g/mol. The molecule has 2 N–H and O–H groups in total. The van der Waals surface area contributed by atoms with E-state index in [-0.39, 0.29) is 12.1 Å². The molecule has 0 saturated heterocycles. The summed E-state index contributed by atoms with van der Waals surface area (Å²) in [7, 11) is 6.29. The molecule has 0 aromatic rings. The van der Waals surface area contributed by atoms with Gasteiger partial charge in [0.1, 0.15) is 0 Å². The fraction of sp³-hybridized carbons (Fsp3) is 1.00. The number of hydrogen-bond acceptors (Lipinski definition) is 3. The van der Waals surface area contributed by atoms with Crippen LogP contribution in [0.5, 0.6) is 0 Å². The lowest BCUT2D eigenvalue weighted by Gasteiger charge is -2.24. The number of aliphatic hydroxyl groups is 1. The number of aliphatic hydroxyl groups excluding tert-OH is 1. The minimum Gasteiger partial charge on any atom is -0.390 e. The van der Waals surface area contributed by atoms with Crippen LogP contribution < -0.4 is 5.32 Å². The first kappa shape index (κ1) is 10.3. The molecule has 3 nitrogen and oxygen atoms in total. The normalized spacial score (nSPS) is 17.4. The second-order valence-corrected chi connectivity index (χ2v) is 3.35. The molecule has 4 heteroatoms. The number of rotatable bonds is 4. The largest absolute Gasteiger partial charge is 0.390 e. The SMILES string of the molecule is CNCC(O)C(C)N(C)P. The van der Waals surface area contributed by atoms with E-state index in [0.717, 1.165) is 0 Å². The van der Waals surface area contributed by atoms with Crippen molar-refractivity contribution in [3.63, 3.8) is 0 Å². The molecule has 0 aromatic heterocycles. The van der Waals surface area contributed by atoms with Crippen molar-refractivity contribution in [1.82, 2.24) is 9.99 Å². The zero-order valence-corrected chi connectivity index (χ0v) is 7.99. The van der Waals surface area contributed by atoms with E-state index in [4.69, 9.17) is 0 Å². The van der Waals surface area contributed by atoms with Crippen molar-refractivity contribution < 1.29 is 5.11 Å². The first-order valence-electron chi connectivity index (χ1n) is 3.39. The third-order valence-electron chi connectivity index (χ3n) is 1.61. The minimum atomic E-state index is -0.299. The number of nitrogens with one attached hydrogen (secondary N) is 1. The van der Waals surface area contributed by atoms with E-state index in [2.05, 4.69) is 14.7 Å². The van der Waals surface area contributed by atoms with Crippen LogP contribution in [0.4, 0.5) is 0 Å². The van der Waals surface area contributed by atoms with Gasteiger partial charge in [0.15, 0.2) is 0 Å². The third kappa shape index (κ3) is 3.47. The Morgan fingerprint density at radius 2 is 2.20 bits per heavy atom. The summed E-state index contributed by atoms with van der Waals surface area (Å²) in [5.41, 5.74) is 0. The molecule has 0 bridgehead atoms. The molecule has 62 valence electrons. The summed E-state index contributed by atoms with van der Waals surface area (Å²) in [6, 6.07) is 0.178. The lowest BCUT2D eigenvalue weighted by Crippen LogP contribution is -2.39. The molecule has 0 aromatic carbocycles. The van der Waals surface area contributed by atoms with Crippen molar-refractivity contribution >= 4 is 9.39 Å². The maximum absolute atomic E-state index is 9.37. The molecule has 0 amide bonds. The first-order chi connectivity index (χ1) is 4.59. The van der Waals surface area contributed by atoms with Gasteiger partial charge in [-0.15, -0.1) is 0 Å². The Morgan fingerprint density at radius 3 is 2.50 bits per heavy atom. The summed E-state index contributed by atoms with van der Waals surface area (Å²) in [5, 5.41) is 12.3. The fourth-order valence-electron chi connectivity index (χ4n) is 0.651. The molecule has 10 heavy (non-hydrogen) atoms. The summed E-state index contributed by atoms with van der Waals surface area (Å²) in [4.78, 5) is 0. The summed E-state index contributed by atoms with van der Waals surface area (Å²) >= 11 is 0. The molecule has 0 aliphatic carbocycles. The van der Waals surface area contributed by atoms with Gasteiger partial charge in [-0.1, -0.05) is 9.39 Å². The Labute approximate surface area is 65.1 Å². The van der Waals surface area contributed by atoms with Crippen LogP contribution in [0.3, 0.4) is 0 Å². The molecule has 0 aliphatic rings. The second-order valence-electron chi connectivity index (χ2n) is 2.53. The molecule has 0 radical (unpaired) electrons. The van der Waals surface area contributed by atoms with Crippen molar-refractivity contribution in [3.05, 3.63) is 0 Å². The highest BCUT2D eigenvalue weighted by Gasteiger charge is 2.14. The third-order valence-corrected chi connectivity index (χ3v) is 2.08. The van der Waals surface area contributed by atoms with E-state index in [1.807, 2.05) is 25.7 Å². The Hall–Kier alpha value is 0.310. The molecule has 3 atom stereocenters. The molecular formula is C6H17N2OP. The lowest BCUT2D eigenvalue weighted by molar-refractivity contribution is 0.112. The van der Waals surface area contributed by atoms with Crippen LogP contribution >= 0.6 is 9.39 Å². The molecule has 0 spiro atoms. The maximum Gasteiger partial charge on any atom is 0.0819 e. The van der Waals surface area contributed by atoms with Crippen molar-refractivity contribution in [3.8, 4) is 0 Å². The molecule has 0 rings (SSSR count). The van der Waals surface area contributed by atoms with Gasteiger partial charge in [0, 0.05) is 12.6 Å². The molecule has 0 fully saturated rings. The monoisotopic (exact) mass is 164 g/mol. The van der Waals surface area contributed by atoms with Crippen LogP contribution in [0.2, 0.25) is 0 Å². The van der Waals surface area contributed by atoms with E-state index >= 15 is 0 Å². The van der Waals surface area contributed by atoms with E-state index in [1.54, 1.807) is 0 Å². The van der Waals surface area contributed by atoms with E-state index < -0.39 is 0 Å². The van der Waals surface area contributed by atoms with E-state index in [9.17, 15) is 5.11 Å². The lowest BCUT2D eigenvalue weighted by atomic mass is 10.2. The molecule has 0 aliphatic heterocycles. The fourth-order valence-corrected chi connectivity index (χ4v) is 0.850. The van der Waals surface area contributed by atoms with Crippen molar-refractivity contribution in [2.24, 2.45) is 0 Å². The Morgan fingerprint density at radius 1 is 1.70 bits per heavy atom. The van der Waals surface area contributed by atoms with E-state index in [1.165, 1.54) is 0 Å². The summed E-state index contributed by atoms with van der Waals surface area (Å²) in [6.45, 7) is 2.62. The van der Waals surface area contributed by atoms with Crippen LogP contribution in [-0.4, -0.2) is 42.6 Å². The smallest absolute Gasteiger partial charge is 0.0819 e. The highest BCUT2D eigenvalue weighted by atomic mass is 31.0. The van der Waals surface area contributed by atoms with Crippen LogP contribution in [0.15, 0.2) is 0 Å². The maximum atomic E-state index is 9.37. The van der Waals surface area contributed by atoms with Gasteiger partial charge >= 0.3 is 0 Å².